The fraction of sp³-hybridized carbons (Fsp3) is 0.375. The molecule has 3 aromatic rings. The van der Waals surface area contributed by atoms with Crippen molar-refractivity contribution in [2.24, 2.45) is 0 Å². The minimum absolute atomic E-state index is 0.0302. The van der Waals surface area contributed by atoms with Crippen molar-refractivity contribution in [2.45, 2.75) is 44.9 Å². The van der Waals surface area contributed by atoms with E-state index in [4.69, 9.17) is 4.52 Å². The highest BCUT2D eigenvalue weighted by Gasteiger charge is 2.28. The van der Waals surface area contributed by atoms with Gasteiger partial charge < -0.3 is 9.42 Å². The van der Waals surface area contributed by atoms with Crippen molar-refractivity contribution >= 4 is 5.91 Å². The van der Waals surface area contributed by atoms with E-state index in [9.17, 15) is 4.79 Å². The molecular formula is C24H27N3O2. The minimum atomic E-state index is -0.208. The maximum atomic E-state index is 13.3. The molecule has 29 heavy (non-hydrogen) atoms. The summed E-state index contributed by atoms with van der Waals surface area (Å²) >= 11 is 0. The number of aromatic nitrogens is 2. The van der Waals surface area contributed by atoms with Gasteiger partial charge in [-0.1, -0.05) is 68.4 Å². The fourth-order valence-electron chi connectivity index (χ4n) is 3.81. The van der Waals surface area contributed by atoms with Gasteiger partial charge in [0.2, 0.25) is 0 Å². The summed E-state index contributed by atoms with van der Waals surface area (Å²) in [6, 6.07) is 18.1. The van der Waals surface area contributed by atoms with E-state index in [2.05, 4.69) is 34.4 Å². The monoisotopic (exact) mass is 389 g/mol. The third-order valence-electron chi connectivity index (χ3n) is 5.54. The largest absolute Gasteiger partial charge is 0.339 e. The normalized spacial score (nSPS) is 15.5. The summed E-state index contributed by atoms with van der Waals surface area (Å²) < 4.78 is 5.50. The minimum Gasteiger partial charge on any atom is -0.339 e. The van der Waals surface area contributed by atoms with Gasteiger partial charge >= 0.3 is 0 Å². The predicted octanol–water partition coefficient (Wildman–Crippen LogP) is 5.05. The van der Waals surface area contributed by atoms with Gasteiger partial charge in [-0.05, 0) is 36.5 Å². The summed E-state index contributed by atoms with van der Waals surface area (Å²) in [5.74, 6) is 1.58. The quantitative estimate of drug-likeness (QED) is 0.629. The Morgan fingerprint density at radius 1 is 1.00 bits per heavy atom. The lowest BCUT2D eigenvalue weighted by atomic mass is 9.89. The van der Waals surface area contributed by atoms with E-state index in [1.807, 2.05) is 56.0 Å². The van der Waals surface area contributed by atoms with Crippen LogP contribution in [-0.4, -0.2) is 34.0 Å². The molecule has 1 amide bonds. The molecule has 4 rings (SSSR count). The summed E-state index contributed by atoms with van der Waals surface area (Å²) in [5, 5.41) is 4.11. The van der Waals surface area contributed by atoms with Crippen LogP contribution in [0.1, 0.15) is 61.3 Å². The van der Waals surface area contributed by atoms with Crippen LogP contribution in [0, 0.1) is 0 Å². The van der Waals surface area contributed by atoms with E-state index in [0.29, 0.717) is 28.8 Å². The van der Waals surface area contributed by atoms with Gasteiger partial charge in [-0.25, -0.2) is 0 Å². The van der Waals surface area contributed by atoms with E-state index < -0.39 is 0 Å². The number of piperidine rings is 1. The van der Waals surface area contributed by atoms with E-state index in [1.54, 1.807) is 0 Å². The van der Waals surface area contributed by atoms with Crippen LogP contribution in [0.15, 0.2) is 59.1 Å². The summed E-state index contributed by atoms with van der Waals surface area (Å²) in [7, 11) is 0. The molecule has 0 radical (unpaired) electrons. The molecule has 0 saturated carbocycles. The van der Waals surface area contributed by atoms with Gasteiger partial charge in [-0.15, -0.1) is 0 Å². The lowest BCUT2D eigenvalue weighted by Crippen LogP contribution is -2.38. The highest BCUT2D eigenvalue weighted by molar-refractivity contribution is 6.00. The molecular weight excluding hydrogens is 362 g/mol. The highest BCUT2D eigenvalue weighted by Crippen LogP contribution is 2.31. The molecule has 0 spiro atoms. The predicted molar refractivity (Wildman–Crippen MR) is 113 cm³/mol. The van der Waals surface area contributed by atoms with Crippen LogP contribution in [0.2, 0.25) is 0 Å². The first kappa shape index (κ1) is 19.4. The average Bonchev–Trinajstić information content (AvgIpc) is 3.25. The molecule has 2 aromatic carbocycles. The molecule has 0 N–H and O–H groups in total. The Morgan fingerprint density at radius 3 is 2.31 bits per heavy atom. The first-order valence-electron chi connectivity index (χ1n) is 10.2. The zero-order valence-electron chi connectivity index (χ0n) is 17.3. The van der Waals surface area contributed by atoms with Crippen LogP contribution in [0.3, 0.4) is 0 Å². The second-order valence-corrected chi connectivity index (χ2v) is 8.70. The molecule has 1 saturated heterocycles. The van der Waals surface area contributed by atoms with Crippen molar-refractivity contribution in [3.63, 3.8) is 0 Å². The van der Waals surface area contributed by atoms with Gasteiger partial charge in [0.05, 0.1) is 11.1 Å². The van der Waals surface area contributed by atoms with Crippen LogP contribution in [-0.2, 0) is 5.41 Å². The summed E-state index contributed by atoms with van der Waals surface area (Å²) in [6.07, 6.45) is 1.96. The Labute approximate surface area is 171 Å². The van der Waals surface area contributed by atoms with Crippen LogP contribution in [0.4, 0.5) is 0 Å². The van der Waals surface area contributed by atoms with Crippen molar-refractivity contribution in [3.05, 3.63) is 71.5 Å². The molecule has 0 atom stereocenters. The average molecular weight is 389 g/mol. The topological polar surface area (TPSA) is 59.2 Å². The number of benzene rings is 2. The number of nitrogens with zero attached hydrogens (tertiary/aromatic N) is 3. The Hall–Kier alpha value is -2.95. The van der Waals surface area contributed by atoms with Gasteiger partial charge in [-0.2, -0.15) is 4.98 Å². The molecule has 1 aromatic heterocycles. The summed E-state index contributed by atoms with van der Waals surface area (Å²) in [5.41, 5.74) is 2.47. The van der Waals surface area contributed by atoms with Gasteiger partial charge in [0, 0.05) is 18.5 Å². The van der Waals surface area contributed by atoms with E-state index in [1.165, 1.54) is 5.56 Å². The SMILES string of the molecule is CC(C)(C)c1noc(-c2ccccc2C(=O)N2CCC(c3ccccc3)CC2)n1. The first-order valence-corrected chi connectivity index (χ1v) is 10.2. The Kier molecular flexibility index (Phi) is 5.22. The molecule has 1 aliphatic heterocycles. The van der Waals surface area contributed by atoms with E-state index in [-0.39, 0.29) is 11.3 Å². The number of hydrogen-bond donors (Lipinski definition) is 0. The van der Waals surface area contributed by atoms with Gasteiger partial charge in [-0.3, -0.25) is 4.79 Å². The van der Waals surface area contributed by atoms with Crippen LogP contribution in [0.5, 0.6) is 0 Å². The van der Waals surface area contributed by atoms with Crippen molar-refractivity contribution in [3.8, 4) is 11.5 Å². The molecule has 1 aliphatic rings. The third-order valence-corrected chi connectivity index (χ3v) is 5.54. The van der Waals surface area contributed by atoms with Crippen molar-refractivity contribution < 1.29 is 9.32 Å². The van der Waals surface area contributed by atoms with Gasteiger partial charge in [0.25, 0.3) is 11.8 Å². The smallest absolute Gasteiger partial charge is 0.258 e. The zero-order valence-corrected chi connectivity index (χ0v) is 17.3. The second-order valence-electron chi connectivity index (χ2n) is 8.70. The molecule has 5 heteroatoms. The Balaban J connectivity index is 1.52. The molecule has 0 unspecified atom stereocenters. The van der Waals surface area contributed by atoms with Gasteiger partial charge in [0.1, 0.15) is 0 Å². The van der Waals surface area contributed by atoms with E-state index >= 15 is 0 Å². The highest BCUT2D eigenvalue weighted by atomic mass is 16.5. The molecule has 150 valence electrons. The fourth-order valence-corrected chi connectivity index (χ4v) is 3.81. The van der Waals surface area contributed by atoms with Gasteiger partial charge in [0.15, 0.2) is 5.82 Å². The third kappa shape index (κ3) is 4.09. The van der Waals surface area contributed by atoms with Crippen molar-refractivity contribution in [2.75, 3.05) is 13.1 Å². The number of likely N-dealkylation sites (tertiary alicyclic amines) is 1. The number of hydrogen-bond acceptors (Lipinski definition) is 4. The maximum Gasteiger partial charge on any atom is 0.258 e. The Bertz CT molecular complexity index is 981. The zero-order chi connectivity index (χ0) is 20.4. The molecule has 1 fully saturated rings. The van der Waals surface area contributed by atoms with Crippen LogP contribution >= 0.6 is 0 Å². The Morgan fingerprint density at radius 2 is 1.66 bits per heavy atom. The number of amides is 1. The molecule has 2 heterocycles. The molecule has 0 bridgehead atoms. The standard InChI is InChI=1S/C24H27N3O2/c1-24(2,3)23-25-21(29-26-23)19-11-7-8-12-20(19)22(28)27-15-13-18(14-16-27)17-9-5-4-6-10-17/h4-12,18H,13-16H2,1-3H3. The van der Waals surface area contributed by atoms with Crippen molar-refractivity contribution in [1.29, 1.82) is 0 Å². The number of carbonyl (C=O) groups is 1. The molecule has 0 aliphatic carbocycles. The summed E-state index contributed by atoms with van der Waals surface area (Å²) in [6.45, 7) is 7.62. The number of rotatable bonds is 3. The first-order chi connectivity index (χ1) is 13.9. The lowest BCUT2D eigenvalue weighted by molar-refractivity contribution is 0.0713. The van der Waals surface area contributed by atoms with Crippen LogP contribution in [0.25, 0.3) is 11.5 Å². The van der Waals surface area contributed by atoms with Crippen LogP contribution < -0.4 is 0 Å². The van der Waals surface area contributed by atoms with Crippen molar-refractivity contribution in [1.82, 2.24) is 15.0 Å². The maximum absolute atomic E-state index is 13.3. The lowest BCUT2D eigenvalue weighted by Gasteiger charge is -2.32. The number of carbonyl (C=O) groups excluding carboxylic acids is 1. The summed E-state index contributed by atoms with van der Waals surface area (Å²) in [4.78, 5) is 19.8. The van der Waals surface area contributed by atoms with E-state index in [0.717, 1.165) is 25.9 Å². The molecule has 5 nitrogen and oxygen atoms in total. The second kappa shape index (κ2) is 7.82.